The second-order valence-corrected chi connectivity index (χ2v) is 3.92. The van der Waals surface area contributed by atoms with Crippen molar-refractivity contribution in [3.05, 3.63) is 28.8 Å². The quantitative estimate of drug-likeness (QED) is 0.844. The monoisotopic (exact) mass is 237 g/mol. The van der Waals surface area contributed by atoms with Crippen LogP contribution >= 0.6 is 11.6 Å². The summed E-state index contributed by atoms with van der Waals surface area (Å²) in [6.07, 6.45) is 0. The molecule has 0 aliphatic carbocycles. The molecular weight excluding hydrogens is 226 g/mol. The van der Waals surface area contributed by atoms with Crippen LogP contribution in [0.15, 0.2) is 18.2 Å². The lowest BCUT2D eigenvalue weighted by Crippen LogP contribution is -1.89. The Morgan fingerprint density at radius 1 is 1.38 bits per heavy atom. The number of aromatic nitrogens is 2. The zero-order chi connectivity index (χ0) is 11.7. The van der Waals surface area contributed by atoms with Crippen molar-refractivity contribution in [2.24, 2.45) is 0 Å². The lowest BCUT2D eigenvalue weighted by atomic mass is 10.1. The minimum absolute atomic E-state index is 0.436. The number of halogens is 1. The third-order valence-corrected chi connectivity index (χ3v) is 2.69. The predicted octanol–water partition coefficient (Wildman–Crippen LogP) is 2.63. The van der Waals surface area contributed by atoms with E-state index in [0.717, 1.165) is 22.6 Å². The van der Waals surface area contributed by atoms with E-state index in [-0.39, 0.29) is 0 Å². The smallest absolute Gasteiger partial charge is 0.145 e. The molecule has 0 spiro atoms. The van der Waals surface area contributed by atoms with E-state index in [0.29, 0.717) is 10.8 Å². The summed E-state index contributed by atoms with van der Waals surface area (Å²) in [4.78, 5) is 0. The van der Waals surface area contributed by atoms with Gasteiger partial charge in [0, 0.05) is 11.6 Å². The Balaban J connectivity index is 2.56. The van der Waals surface area contributed by atoms with E-state index < -0.39 is 0 Å². The minimum Gasteiger partial charge on any atom is -0.496 e. The van der Waals surface area contributed by atoms with Gasteiger partial charge >= 0.3 is 0 Å². The minimum atomic E-state index is 0.436. The molecule has 84 valence electrons. The van der Waals surface area contributed by atoms with Crippen LogP contribution < -0.4 is 10.5 Å². The van der Waals surface area contributed by atoms with Gasteiger partial charge in [-0.3, -0.25) is 5.10 Å². The van der Waals surface area contributed by atoms with Gasteiger partial charge in [0.15, 0.2) is 0 Å². The third kappa shape index (κ3) is 1.84. The molecule has 0 aliphatic rings. The fourth-order valence-electron chi connectivity index (χ4n) is 1.55. The van der Waals surface area contributed by atoms with Crippen LogP contribution in [0.1, 0.15) is 5.56 Å². The maximum absolute atomic E-state index is 6.16. The highest BCUT2D eigenvalue weighted by atomic mass is 35.5. The molecule has 0 fully saturated rings. The first-order valence-corrected chi connectivity index (χ1v) is 5.15. The van der Waals surface area contributed by atoms with Crippen molar-refractivity contribution >= 4 is 17.4 Å². The van der Waals surface area contributed by atoms with Crippen LogP contribution in [0.25, 0.3) is 11.3 Å². The van der Waals surface area contributed by atoms with Crippen molar-refractivity contribution in [1.29, 1.82) is 0 Å². The number of nitrogens with two attached hydrogens (primary N) is 1. The number of rotatable bonds is 2. The van der Waals surface area contributed by atoms with Gasteiger partial charge in [-0.25, -0.2) is 0 Å². The molecule has 2 aromatic rings. The van der Waals surface area contributed by atoms with E-state index in [4.69, 9.17) is 22.1 Å². The van der Waals surface area contributed by atoms with E-state index in [1.807, 2.05) is 19.1 Å². The number of benzene rings is 1. The highest BCUT2D eigenvalue weighted by Crippen LogP contribution is 2.33. The first kappa shape index (κ1) is 10.8. The maximum Gasteiger partial charge on any atom is 0.145 e. The molecule has 16 heavy (non-hydrogen) atoms. The van der Waals surface area contributed by atoms with E-state index in [1.54, 1.807) is 13.2 Å². The Kier molecular flexibility index (Phi) is 2.75. The number of methoxy groups -OCH3 is 1. The molecule has 0 aliphatic heterocycles. The number of aryl methyl sites for hydroxylation is 1. The van der Waals surface area contributed by atoms with Gasteiger partial charge in [-0.05, 0) is 24.6 Å². The lowest BCUT2D eigenvalue weighted by Gasteiger charge is -2.08. The van der Waals surface area contributed by atoms with Gasteiger partial charge < -0.3 is 10.5 Å². The van der Waals surface area contributed by atoms with Crippen LogP contribution in [0, 0.1) is 6.92 Å². The summed E-state index contributed by atoms with van der Waals surface area (Å²) in [5.74, 6) is 1.22. The molecule has 1 heterocycles. The molecule has 4 nitrogen and oxygen atoms in total. The van der Waals surface area contributed by atoms with E-state index in [2.05, 4.69) is 10.2 Å². The van der Waals surface area contributed by atoms with E-state index >= 15 is 0 Å². The summed E-state index contributed by atoms with van der Waals surface area (Å²) in [5.41, 5.74) is 8.15. The van der Waals surface area contributed by atoms with Crippen LogP contribution in [0.5, 0.6) is 5.75 Å². The molecular formula is C11H12ClN3O. The van der Waals surface area contributed by atoms with Gasteiger partial charge in [-0.1, -0.05) is 11.6 Å². The fraction of sp³-hybridized carbons (Fsp3) is 0.182. The number of hydrogen-bond acceptors (Lipinski definition) is 3. The third-order valence-electron chi connectivity index (χ3n) is 2.37. The molecule has 5 heteroatoms. The van der Waals surface area contributed by atoms with Gasteiger partial charge in [0.25, 0.3) is 0 Å². The number of H-pyrrole nitrogens is 1. The van der Waals surface area contributed by atoms with Crippen LogP contribution in [0.4, 0.5) is 5.82 Å². The van der Waals surface area contributed by atoms with E-state index in [9.17, 15) is 0 Å². The normalized spacial score (nSPS) is 10.4. The number of anilines is 1. The number of nitrogens with one attached hydrogen (secondary N) is 1. The zero-order valence-electron chi connectivity index (χ0n) is 9.04. The first-order valence-electron chi connectivity index (χ1n) is 4.77. The Labute approximate surface area is 98.4 Å². The SMILES string of the molecule is COc1cc(-c2cc(N)n[nH]2)c(Cl)cc1C. The molecule has 0 saturated carbocycles. The largest absolute Gasteiger partial charge is 0.496 e. The second kappa shape index (κ2) is 4.06. The summed E-state index contributed by atoms with van der Waals surface area (Å²) >= 11 is 6.16. The van der Waals surface area contributed by atoms with Gasteiger partial charge in [-0.15, -0.1) is 0 Å². The molecule has 0 unspecified atom stereocenters. The van der Waals surface area contributed by atoms with Gasteiger partial charge in [0.2, 0.25) is 0 Å². The summed E-state index contributed by atoms with van der Waals surface area (Å²) in [5, 5.41) is 7.32. The van der Waals surface area contributed by atoms with Crippen LogP contribution in [-0.4, -0.2) is 17.3 Å². The summed E-state index contributed by atoms with van der Waals surface area (Å²) in [7, 11) is 1.63. The Hall–Kier alpha value is -1.68. The van der Waals surface area contributed by atoms with Crippen molar-refractivity contribution in [1.82, 2.24) is 10.2 Å². The van der Waals surface area contributed by atoms with Crippen LogP contribution in [-0.2, 0) is 0 Å². The van der Waals surface area contributed by atoms with Gasteiger partial charge in [-0.2, -0.15) is 5.10 Å². The number of ether oxygens (including phenoxy) is 1. The van der Waals surface area contributed by atoms with Crippen molar-refractivity contribution in [3.63, 3.8) is 0 Å². The standard InChI is InChI=1S/C11H12ClN3O/c1-6-3-8(12)7(4-10(6)16-2)9-5-11(13)15-14-9/h3-5H,1-2H3,(H3,13,14,15). The van der Waals surface area contributed by atoms with E-state index in [1.165, 1.54) is 0 Å². The predicted molar refractivity (Wildman–Crippen MR) is 64.7 cm³/mol. The molecule has 1 aromatic carbocycles. The topological polar surface area (TPSA) is 63.9 Å². The van der Waals surface area contributed by atoms with Crippen LogP contribution in [0.3, 0.4) is 0 Å². The first-order chi connectivity index (χ1) is 7.61. The average Bonchev–Trinajstić information content (AvgIpc) is 2.65. The highest BCUT2D eigenvalue weighted by molar-refractivity contribution is 6.33. The Bertz CT molecular complexity index is 522. The summed E-state index contributed by atoms with van der Waals surface area (Å²) in [6.45, 7) is 1.94. The second-order valence-electron chi connectivity index (χ2n) is 3.51. The lowest BCUT2D eigenvalue weighted by molar-refractivity contribution is 0.412. The molecule has 0 atom stereocenters. The molecule has 0 radical (unpaired) electrons. The molecule has 0 saturated heterocycles. The number of nitrogens with zero attached hydrogens (tertiary/aromatic N) is 1. The van der Waals surface area contributed by atoms with Crippen molar-refractivity contribution in [3.8, 4) is 17.0 Å². The molecule has 3 N–H and O–H groups in total. The average molecular weight is 238 g/mol. The summed E-state index contributed by atoms with van der Waals surface area (Å²) in [6, 6.07) is 5.45. The molecule has 1 aromatic heterocycles. The molecule has 0 bridgehead atoms. The van der Waals surface area contributed by atoms with Gasteiger partial charge in [0.05, 0.1) is 17.8 Å². The Morgan fingerprint density at radius 2 is 2.12 bits per heavy atom. The molecule has 0 amide bonds. The number of nitrogen functional groups attached to an aromatic ring is 1. The number of aromatic amines is 1. The van der Waals surface area contributed by atoms with Crippen LogP contribution in [0.2, 0.25) is 5.02 Å². The van der Waals surface area contributed by atoms with Crippen molar-refractivity contribution in [2.75, 3.05) is 12.8 Å². The fourth-order valence-corrected chi connectivity index (χ4v) is 1.87. The maximum atomic E-state index is 6.16. The number of hydrogen-bond donors (Lipinski definition) is 2. The zero-order valence-corrected chi connectivity index (χ0v) is 9.80. The summed E-state index contributed by atoms with van der Waals surface area (Å²) < 4.78 is 5.24. The van der Waals surface area contributed by atoms with Gasteiger partial charge in [0.1, 0.15) is 11.6 Å². The molecule has 2 rings (SSSR count). The Morgan fingerprint density at radius 3 is 2.69 bits per heavy atom. The highest BCUT2D eigenvalue weighted by Gasteiger charge is 2.10. The van der Waals surface area contributed by atoms with Crippen molar-refractivity contribution in [2.45, 2.75) is 6.92 Å². The van der Waals surface area contributed by atoms with Crippen molar-refractivity contribution < 1.29 is 4.74 Å².